The minimum absolute atomic E-state index is 0.318. The molecule has 0 nitrogen and oxygen atoms in total. The largest absolute Gasteiger partial charge is 0.207 e. The molecule has 122 valence electrons. The molecular weight excluding hydrogens is 451 g/mol. The highest BCUT2D eigenvalue weighted by molar-refractivity contribution is 14.1. The Hall–Kier alpha value is -1.54. The van der Waals surface area contributed by atoms with Gasteiger partial charge < -0.3 is 0 Å². The summed E-state index contributed by atoms with van der Waals surface area (Å²) in [6, 6.07) is 13.5. The maximum Gasteiger partial charge on any atom is 0.172 e. The van der Waals surface area contributed by atoms with Gasteiger partial charge in [0, 0.05) is 40.0 Å². The van der Waals surface area contributed by atoms with E-state index in [1.807, 2.05) is 12.1 Å². The van der Waals surface area contributed by atoms with Crippen LogP contribution in [0, 0.1) is 26.8 Å². The molecular formula is C18H10F4IS+. The van der Waals surface area contributed by atoms with Crippen LogP contribution in [0.1, 0.15) is 0 Å². The monoisotopic (exact) mass is 461 g/mol. The summed E-state index contributed by atoms with van der Waals surface area (Å²) in [7, 11) is -1.03. The van der Waals surface area contributed by atoms with Gasteiger partial charge in [0.15, 0.2) is 14.7 Å². The third-order valence-corrected chi connectivity index (χ3v) is 6.07. The first-order valence-corrected chi connectivity index (χ1v) is 9.15. The van der Waals surface area contributed by atoms with E-state index in [9.17, 15) is 17.6 Å². The van der Waals surface area contributed by atoms with E-state index in [2.05, 4.69) is 22.6 Å². The van der Waals surface area contributed by atoms with Gasteiger partial charge in [0.1, 0.15) is 23.3 Å². The molecule has 0 aromatic heterocycles. The van der Waals surface area contributed by atoms with Gasteiger partial charge in [-0.3, -0.25) is 0 Å². The lowest BCUT2D eigenvalue weighted by molar-refractivity contribution is 0.576. The number of rotatable bonds is 3. The lowest BCUT2D eigenvalue weighted by Gasteiger charge is -2.09. The Labute approximate surface area is 153 Å². The van der Waals surface area contributed by atoms with E-state index in [4.69, 9.17) is 0 Å². The minimum atomic E-state index is -1.03. The van der Waals surface area contributed by atoms with Crippen molar-refractivity contribution >= 4 is 33.5 Å². The smallest absolute Gasteiger partial charge is 0.172 e. The summed E-state index contributed by atoms with van der Waals surface area (Å²) in [5.41, 5.74) is 0. The standard InChI is InChI=1S/C18H10F4IS/c19-11-5-12(20)8-17(7-11)24(16-3-1-15(23)2-4-16)18-9-13(21)6-14(22)10-18/h1-10H/q+1. The molecule has 0 bridgehead atoms. The van der Waals surface area contributed by atoms with Gasteiger partial charge in [-0.25, -0.2) is 17.6 Å². The molecule has 3 rings (SSSR count). The highest BCUT2D eigenvalue weighted by Crippen LogP contribution is 2.33. The molecule has 0 aliphatic carbocycles. The fourth-order valence-electron chi connectivity index (χ4n) is 2.27. The van der Waals surface area contributed by atoms with Crippen LogP contribution < -0.4 is 0 Å². The van der Waals surface area contributed by atoms with Gasteiger partial charge in [-0.1, -0.05) is 0 Å². The van der Waals surface area contributed by atoms with Crippen molar-refractivity contribution in [1.29, 1.82) is 0 Å². The molecule has 0 aliphatic rings. The zero-order valence-corrected chi connectivity index (χ0v) is 15.0. The molecule has 6 heteroatoms. The summed E-state index contributed by atoms with van der Waals surface area (Å²) >= 11 is 2.13. The third-order valence-electron chi connectivity index (χ3n) is 3.19. The second-order valence-corrected chi connectivity index (χ2v) is 8.24. The van der Waals surface area contributed by atoms with Crippen molar-refractivity contribution in [2.24, 2.45) is 0 Å². The van der Waals surface area contributed by atoms with E-state index in [0.717, 1.165) is 15.7 Å². The Balaban J connectivity index is 2.21. The number of benzene rings is 3. The van der Waals surface area contributed by atoms with Gasteiger partial charge >= 0.3 is 0 Å². The first-order valence-electron chi connectivity index (χ1n) is 6.84. The molecule has 24 heavy (non-hydrogen) atoms. The molecule has 3 aromatic rings. The molecule has 0 saturated carbocycles. The van der Waals surface area contributed by atoms with Gasteiger partial charge in [0.25, 0.3) is 0 Å². The van der Waals surface area contributed by atoms with E-state index in [0.29, 0.717) is 14.7 Å². The van der Waals surface area contributed by atoms with Crippen molar-refractivity contribution < 1.29 is 17.6 Å². The van der Waals surface area contributed by atoms with E-state index < -0.39 is 34.2 Å². The number of halogens is 5. The second kappa shape index (κ2) is 7.14. The molecule has 0 amide bonds. The van der Waals surface area contributed by atoms with Crippen LogP contribution in [0.2, 0.25) is 0 Å². The zero-order valence-electron chi connectivity index (χ0n) is 12.1. The summed E-state index contributed by atoms with van der Waals surface area (Å²) in [6.07, 6.45) is 0. The van der Waals surface area contributed by atoms with Crippen LogP contribution in [0.4, 0.5) is 17.6 Å². The van der Waals surface area contributed by atoms with Gasteiger partial charge in [-0.2, -0.15) is 0 Å². The Morgan fingerprint density at radius 3 is 1.29 bits per heavy atom. The summed E-state index contributed by atoms with van der Waals surface area (Å²) in [6.45, 7) is 0. The molecule has 0 N–H and O–H groups in total. The minimum Gasteiger partial charge on any atom is -0.207 e. The fourth-order valence-corrected chi connectivity index (χ4v) is 4.78. The Morgan fingerprint density at radius 1 is 0.542 bits per heavy atom. The van der Waals surface area contributed by atoms with Crippen LogP contribution in [-0.4, -0.2) is 0 Å². The summed E-state index contributed by atoms with van der Waals surface area (Å²) < 4.78 is 55.6. The quantitative estimate of drug-likeness (QED) is 0.257. The predicted molar refractivity (Wildman–Crippen MR) is 94.0 cm³/mol. The summed E-state index contributed by atoms with van der Waals surface area (Å²) in [5, 5.41) is 0. The number of hydrogen-bond donors (Lipinski definition) is 0. The topological polar surface area (TPSA) is 0 Å². The maximum absolute atomic E-state index is 13.7. The van der Waals surface area contributed by atoms with Crippen LogP contribution in [0.15, 0.2) is 75.4 Å². The van der Waals surface area contributed by atoms with Crippen molar-refractivity contribution in [3.05, 3.63) is 87.5 Å². The fraction of sp³-hybridized carbons (Fsp3) is 0. The Morgan fingerprint density at radius 2 is 0.917 bits per heavy atom. The summed E-state index contributed by atoms with van der Waals surface area (Å²) in [4.78, 5) is 1.35. The highest BCUT2D eigenvalue weighted by atomic mass is 127. The molecule has 0 spiro atoms. The first kappa shape index (κ1) is 17.3. The molecule has 0 unspecified atom stereocenters. The van der Waals surface area contributed by atoms with E-state index >= 15 is 0 Å². The lowest BCUT2D eigenvalue weighted by atomic mass is 10.3. The van der Waals surface area contributed by atoms with Crippen molar-refractivity contribution in [3.8, 4) is 0 Å². The normalized spacial score (nSPS) is 11.1. The molecule has 0 heterocycles. The first-order chi connectivity index (χ1) is 11.4. The third kappa shape index (κ3) is 3.92. The van der Waals surface area contributed by atoms with Crippen molar-refractivity contribution in [3.63, 3.8) is 0 Å². The Bertz CT molecular complexity index is 789. The summed E-state index contributed by atoms with van der Waals surface area (Å²) in [5.74, 6) is -2.93. The molecule has 0 fully saturated rings. The lowest BCUT2D eigenvalue weighted by Crippen LogP contribution is -2.07. The molecule has 0 radical (unpaired) electrons. The molecule has 0 atom stereocenters. The molecule has 0 aliphatic heterocycles. The van der Waals surface area contributed by atoms with Crippen molar-refractivity contribution in [2.75, 3.05) is 0 Å². The zero-order chi connectivity index (χ0) is 17.3. The van der Waals surface area contributed by atoms with Crippen LogP contribution in [-0.2, 0) is 10.9 Å². The van der Waals surface area contributed by atoms with Gasteiger partial charge in [-0.05, 0) is 46.9 Å². The van der Waals surface area contributed by atoms with Gasteiger partial charge in [0.2, 0.25) is 0 Å². The van der Waals surface area contributed by atoms with Gasteiger partial charge in [-0.15, -0.1) is 0 Å². The predicted octanol–water partition coefficient (Wildman–Crippen LogP) is 5.94. The van der Waals surface area contributed by atoms with Crippen LogP contribution in [0.5, 0.6) is 0 Å². The number of hydrogen-bond acceptors (Lipinski definition) is 0. The molecule has 0 saturated heterocycles. The SMILES string of the molecule is Fc1cc(F)cc([S+](c2ccc(I)cc2)c2cc(F)cc(F)c2)c1. The Kier molecular flexibility index (Phi) is 5.15. The van der Waals surface area contributed by atoms with E-state index in [1.54, 1.807) is 12.1 Å². The van der Waals surface area contributed by atoms with E-state index in [-0.39, 0.29) is 0 Å². The van der Waals surface area contributed by atoms with E-state index in [1.165, 1.54) is 24.3 Å². The highest BCUT2D eigenvalue weighted by Gasteiger charge is 2.31. The molecule has 3 aromatic carbocycles. The van der Waals surface area contributed by atoms with Crippen LogP contribution >= 0.6 is 22.6 Å². The maximum atomic E-state index is 13.7. The second-order valence-electron chi connectivity index (χ2n) is 4.97. The average molecular weight is 461 g/mol. The van der Waals surface area contributed by atoms with Gasteiger partial charge in [0.05, 0.1) is 10.9 Å². The van der Waals surface area contributed by atoms with Crippen molar-refractivity contribution in [1.82, 2.24) is 0 Å². The van der Waals surface area contributed by atoms with Crippen LogP contribution in [0.25, 0.3) is 0 Å². The van der Waals surface area contributed by atoms with Crippen LogP contribution in [0.3, 0.4) is 0 Å². The van der Waals surface area contributed by atoms with Crippen molar-refractivity contribution in [2.45, 2.75) is 14.7 Å². The average Bonchev–Trinajstić information content (AvgIpc) is 2.47.